The van der Waals surface area contributed by atoms with E-state index in [1.165, 1.54) is 34.5 Å². The zero-order valence-electron chi connectivity index (χ0n) is 17.3. The van der Waals surface area contributed by atoms with Gasteiger partial charge in [-0.1, -0.05) is 41.9 Å². The lowest BCUT2D eigenvalue weighted by molar-refractivity contribution is -0.124. The third-order valence-electron chi connectivity index (χ3n) is 4.73. The first kappa shape index (κ1) is 22.5. The van der Waals surface area contributed by atoms with Crippen LogP contribution in [0.5, 0.6) is 0 Å². The Hall–Kier alpha value is -3.19. The molecule has 3 aromatic rings. The van der Waals surface area contributed by atoms with Gasteiger partial charge in [-0.15, -0.1) is 0 Å². The molecule has 2 aromatic carbocycles. The minimum absolute atomic E-state index is 0.0331. The van der Waals surface area contributed by atoms with Gasteiger partial charge in [-0.3, -0.25) is 4.79 Å². The molecule has 0 radical (unpaired) electrons. The molecule has 0 aliphatic heterocycles. The molecule has 0 spiro atoms. The van der Waals surface area contributed by atoms with E-state index in [2.05, 4.69) is 10.4 Å². The Kier molecular flexibility index (Phi) is 7.41. The Balaban J connectivity index is 1.54. The maximum atomic E-state index is 13.1. The predicted octanol–water partition coefficient (Wildman–Crippen LogP) is 4.27. The van der Waals surface area contributed by atoms with E-state index in [4.69, 9.17) is 16.3 Å². The maximum Gasteiger partial charge on any atom is 0.343 e. The molecule has 162 valence electrons. The number of amides is 1. The molecule has 0 aliphatic rings. The Morgan fingerprint density at radius 3 is 2.52 bits per heavy atom. The van der Waals surface area contributed by atoms with Crippen LogP contribution in [0.3, 0.4) is 0 Å². The van der Waals surface area contributed by atoms with Crippen LogP contribution in [0.1, 0.15) is 35.0 Å². The van der Waals surface area contributed by atoms with Crippen molar-refractivity contribution in [1.29, 1.82) is 0 Å². The van der Waals surface area contributed by atoms with Crippen LogP contribution in [0.4, 0.5) is 4.39 Å². The standard InChI is InChI=1S/C23H23ClFN3O3/c1-15(8-9-17-6-4-3-5-7-17)26-20(29)14-31-23(30)21-16(2)27-28(22(21)24)19-12-10-18(25)11-13-19/h3-7,10-13,15H,8-9,14H2,1-2H3,(H,26,29). The van der Waals surface area contributed by atoms with Crippen molar-refractivity contribution in [3.63, 3.8) is 0 Å². The van der Waals surface area contributed by atoms with E-state index in [0.29, 0.717) is 11.4 Å². The van der Waals surface area contributed by atoms with Crippen LogP contribution < -0.4 is 5.32 Å². The number of hydrogen-bond donors (Lipinski definition) is 1. The van der Waals surface area contributed by atoms with Crippen molar-refractivity contribution >= 4 is 23.5 Å². The number of hydrogen-bond acceptors (Lipinski definition) is 4. The van der Waals surface area contributed by atoms with Crippen LogP contribution in [0.15, 0.2) is 54.6 Å². The van der Waals surface area contributed by atoms with E-state index in [0.717, 1.165) is 12.8 Å². The molecule has 0 bridgehead atoms. The van der Waals surface area contributed by atoms with Gasteiger partial charge < -0.3 is 10.1 Å². The van der Waals surface area contributed by atoms with Crippen LogP contribution in [0, 0.1) is 12.7 Å². The average molecular weight is 444 g/mol. The van der Waals surface area contributed by atoms with Gasteiger partial charge in [0.15, 0.2) is 6.61 Å². The van der Waals surface area contributed by atoms with E-state index in [1.807, 2.05) is 37.3 Å². The van der Waals surface area contributed by atoms with E-state index in [1.54, 1.807) is 6.92 Å². The summed E-state index contributed by atoms with van der Waals surface area (Å²) < 4.78 is 19.6. The Bertz CT molecular complexity index is 1050. The average Bonchev–Trinajstić information content (AvgIpc) is 3.06. The largest absolute Gasteiger partial charge is 0.452 e. The van der Waals surface area contributed by atoms with Crippen LogP contribution in [0.25, 0.3) is 5.69 Å². The highest BCUT2D eigenvalue weighted by Crippen LogP contribution is 2.24. The predicted molar refractivity (Wildman–Crippen MR) is 116 cm³/mol. The molecule has 1 N–H and O–H groups in total. The second-order valence-electron chi connectivity index (χ2n) is 7.21. The van der Waals surface area contributed by atoms with Crippen molar-refractivity contribution in [3.05, 3.63) is 82.4 Å². The summed E-state index contributed by atoms with van der Waals surface area (Å²) >= 11 is 6.30. The third-order valence-corrected chi connectivity index (χ3v) is 5.08. The second-order valence-corrected chi connectivity index (χ2v) is 7.57. The molecular formula is C23H23ClFN3O3. The Morgan fingerprint density at radius 2 is 1.84 bits per heavy atom. The summed E-state index contributed by atoms with van der Waals surface area (Å²) in [5.41, 5.74) is 2.10. The number of benzene rings is 2. The van der Waals surface area contributed by atoms with Crippen molar-refractivity contribution in [2.24, 2.45) is 0 Å². The summed E-state index contributed by atoms with van der Waals surface area (Å²) in [7, 11) is 0. The summed E-state index contributed by atoms with van der Waals surface area (Å²) in [6.45, 7) is 3.08. The summed E-state index contributed by atoms with van der Waals surface area (Å²) in [6, 6.07) is 15.4. The molecule has 8 heteroatoms. The molecule has 0 aliphatic carbocycles. The highest BCUT2D eigenvalue weighted by atomic mass is 35.5. The number of nitrogens with zero attached hydrogens (tertiary/aromatic N) is 2. The normalized spacial score (nSPS) is 11.7. The Morgan fingerprint density at radius 1 is 1.16 bits per heavy atom. The van der Waals surface area contributed by atoms with Crippen LogP contribution in [0.2, 0.25) is 5.15 Å². The second kappa shape index (κ2) is 10.2. The van der Waals surface area contributed by atoms with Gasteiger partial charge in [0.05, 0.1) is 11.4 Å². The van der Waals surface area contributed by atoms with Gasteiger partial charge in [0, 0.05) is 6.04 Å². The molecule has 1 amide bonds. The smallest absolute Gasteiger partial charge is 0.343 e. The van der Waals surface area contributed by atoms with E-state index in [-0.39, 0.29) is 16.8 Å². The quantitative estimate of drug-likeness (QED) is 0.528. The van der Waals surface area contributed by atoms with E-state index >= 15 is 0 Å². The molecule has 0 fully saturated rings. The van der Waals surface area contributed by atoms with Crippen molar-refractivity contribution in [2.75, 3.05) is 6.61 Å². The monoisotopic (exact) mass is 443 g/mol. The number of nitrogens with one attached hydrogen (secondary N) is 1. The first-order chi connectivity index (χ1) is 14.8. The number of aryl methyl sites for hydroxylation is 2. The van der Waals surface area contributed by atoms with Crippen LogP contribution >= 0.6 is 11.6 Å². The molecule has 6 nitrogen and oxygen atoms in total. The molecule has 1 atom stereocenters. The number of esters is 1. The van der Waals surface area contributed by atoms with Gasteiger partial charge >= 0.3 is 5.97 Å². The molecule has 31 heavy (non-hydrogen) atoms. The van der Waals surface area contributed by atoms with E-state index < -0.39 is 24.3 Å². The lowest BCUT2D eigenvalue weighted by atomic mass is 10.1. The number of ether oxygens (including phenoxy) is 1. The number of carbonyl (C=O) groups is 2. The number of halogens is 2. The van der Waals surface area contributed by atoms with Crippen molar-refractivity contribution in [2.45, 2.75) is 32.7 Å². The van der Waals surface area contributed by atoms with Crippen LogP contribution in [-0.4, -0.2) is 34.3 Å². The number of carbonyl (C=O) groups excluding carboxylic acids is 2. The summed E-state index contributed by atoms with van der Waals surface area (Å²) in [5, 5.41) is 7.07. The zero-order valence-corrected chi connectivity index (χ0v) is 18.0. The minimum Gasteiger partial charge on any atom is -0.452 e. The van der Waals surface area contributed by atoms with Gasteiger partial charge in [0.2, 0.25) is 0 Å². The summed E-state index contributed by atoms with van der Waals surface area (Å²) in [5.74, 6) is -1.54. The first-order valence-corrected chi connectivity index (χ1v) is 10.2. The van der Waals surface area contributed by atoms with Gasteiger partial charge in [0.25, 0.3) is 5.91 Å². The van der Waals surface area contributed by atoms with Gasteiger partial charge in [0.1, 0.15) is 16.5 Å². The summed E-state index contributed by atoms with van der Waals surface area (Å²) in [6.07, 6.45) is 1.60. The zero-order chi connectivity index (χ0) is 22.4. The van der Waals surface area contributed by atoms with Crippen molar-refractivity contribution in [3.8, 4) is 5.69 Å². The highest BCUT2D eigenvalue weighted by Gasteiger charge is 2.23. The van der Waals surface area contributed by atoms with Gasteiger partial charge in [-0.05, 0) is 56.5 Å². The van der Waals surface area contributed by atoms with Crippen LogP contribution in [-0.2, 0) is 16.0 Å². The Labute approximate surface area is 185 Å². The maximum absolute atomic E-state index is 13.1. The lowest BCUT2D eigenvalue weighted by Crippen LogP contribution is -2.36. The topological polar surface area (TPSA) is 73.2 Å². The van der Waals surface area contributed by atoms with E-state index in [9.17, 15) is 14.0 Å². The van der Waals surface area contributed by atoms with Gasteiger partial charge in [-0.2, -0.15) is 5.10 Å². The van der Waals surface area contributed by atoms with Crippen molar-refractivity contribution in [1.82, 2.24) is 15.1 Å². The molecule has 0 saturated heterocycles. The first-order valence-electron chi connectivity index (χ1n) is 9.86. The number of aromatic nitrogens is 2. The molecular weight excluding hydrogens is 421 g/mol. The third kappa shape index (κ3) is 5.92. The fourth-order valence-electron chi connectivity index (χ4n) is 3.10. The fourth-order valence-corrected chi connectivity index (χ4v) is 3.45. The molecule has 1 heterocycles. The lowest BCUT2D eigenvalue weighted by Gasteiger charge is -2.14. The fraction of sp³-hybridized carbons (Fsp3) is 0.261. The molecule has 3 rings (SSSR count). The molecule has 1 unspecified atom stereocenters. The highest BCUT2D eigenvalue weighted by molar-refractivity contribution is 6.33. The molecule has 1 aromatic heterocycles. The van der Waals surface area contributed by atoms with Gasteiger partial charge in [-0.25, -0.2) is 13.9 Å². The number of rotatable bonds is 8. The summed E-state index contributed by atoms with van der Waals surface area (Å²) in [4.78, 5) is 24.6. The molecule has 0 saturated carbocycles. The van der Waals surface area contributed by atoms with Crippen molar-refractivity contribution < 1.29 is 18.7 Å². The minimum atomic E-state index is -0.747. The SMILES string of the molecule is Cc1nn(-c2ccc(F)cc2)c(Cl)c1C(=O)OCC(=O)NC(C)CCc1ccccc1.